The number of anilines is 1. The van der Waals surface area contributed by atoms with Gasteiger partial charge in [0, 0.05) is 22.4 Å². The van der Waals surface area contributed by atoms with Crippen LogP contribution in [0.3, 0.4) is 0 Å². The molecule has 2 unspecified atom stereocenters. The molecular formula is C12H18N2O3S2. The minimum atomic E-state index is -3.43. The van der Waals surface area contributed by atoms with Gasteiger partial charge in [-0.3, -0.25) is 0 Å². The zero-order chi connectivity index (χ0) is 14.0. The number of hydrogen-bond donors (Lipinski definition) is 2. The predicted octanol–water partition coefficient (Wildman–Crippen LogP) is 1.45. The maximum absolute atomic E-state index is 11.8. The first kappa shape index (κ1) is 14.6. The molecule has 19 heavy (non-hydrogen) atoms. The SMILES string of the molecule is CNS(=O)(=O)c1ccc(N)c(SC2CCOC2C)c1. The minimum Gasteiger partial charge on any atom is -0.398 e. The van der Waals surface area contributed by atoms with Crippen molar-refractivity contribution in [1.29, 1.82) is 0 Å². The number of sulfonamides is 1. The summed E-state index contributed by atoms with van der Waals surface area (Å²) in [6.45, 7) is 2.77. The summed E-state index contributed by atoms with van der Waals surface area (Å²) >= 11 is 1.58. The molecular weight excluding hydrogens is 284 g/mol. The first-order valence-corrected chi connectivity index (χ1v) is 8.41. The van der Waals surface area contributed by atoms with E-state index in [1.807, 2.05) is 6.92 Å². The molecule has 106 valence electrons. The molecule has 3 N–H and O–H groups in total. The van der Waals surface area contributed by atoms with Gasteiger partial charge in [-0.25, -0.2) is 13.1 Å². The summed E-state index contributed by atoms with van der Waals surface area (Å²) < 4.78 is 31.4. The summed E-state index contributed by atoms with van der Waals surface area (Å²) in [7, 11) is -2.04. The molecule has 0 bridgehead atoms. The molecule has 0 aliphatic carbocycles. The van der Waals surface area contributed by atoms with Crippen molar-refractivity contribution in [3.05, 3.63) is 18.2 Å². The molecule has 0 aromatic heterocycles. The van der Waals surface area contributed by atoms with E-state index in [9.17, 15) is 8.42 Å². The average Bonchev–Trinajstić information content (AvgIpc) is 2.77. The fourth-order valence-electron chi connectivity index (χ4n) is 1.93. The summed E-state index contributed by atoms with van der Waals surface area (Å²) in [5.41, 5.74) is 6.52. The highest BCUT2D eigenvalue weighted by molar-refractivity contribution is 8.00. The molecule has 1 aromatic carbocycles. The molecule has 0 radical (unpaired) electrons. The molecule has 1 fully saturated rings. The Kier molecular flexibility index (Phi) is 4.39. The lowest BCUT2D eigenvalue weighted by Gasteiger charge is -2.15. The molecule has 1 heterocycles. The van der Waals surface area contributed by atoms with Crippen molar-refractivity contribution in [2.75, 3.05) is 19.4 Å². The van der Waals surface area contributed by atoms with E-state index < -0.39 is 10.0 Å². The fraction of sp³-hybridized carbons (Fsp3) is 0.500. The van der Waals surface area contributed by atoms with Crippen LogP contribution in [0.15, 0.2) is 28.0 Å². The van der Waals surface area contributed by atoms with Gasteiger partial charge in [0.25, 0.3) is 0 Å². The van der Waals surface area contributed by atoms with Gasteiger partial charge in [-0.15, -0.1) is 11.8 Å². The second-order valence-electron chi connectivity index (χ2n) is 4.43. The van der Waals surface area contributed by atoms with Crippen molar-refractivity contribution in [3.8, 4) is 0 Å². The van der Waals surface area contributed by atoms with Crippen LogP contribution in [0.2, 0.25) is 0 Å². The third kappa shape index (κ3) is 3.22. The standard InChI is InChI=1S/C12H18N2O3S2/c1-8-11(5-6-17-8)18-12-7-9(3-4-10(12)13)19(15,16)14-2/h3-4,7-8,11,14H,5-6,13H2,1-2H3. The number of rotatable bonds is 4. The van der Waals surface area contributed by atoms with Crippen LogP contribution in [0.25, 0.3) is 0 Å². The second kappa shape index (κ2) is 5.70. The summed E-state index contributed by atoms with van der Waals surface area (Å²) in [6, 6.07) is 4.77. The normalized spacial score (nSPS) is 23.7. The summed E-state index contributed by atoms with van der Waals surface area (Å²) in [5.74, 6) is 0. The number of nitrogens with one attached hydrogen (secondary N) is 1. The van der Waals surface area contributed by atoms with Crippen molar-refractivity contribution in [3.63, 3.8) is 0 Å². The van der Waals surface area contributed by atoms with Gasteiger partial charge in [0.2, 0.25) is 10.0 Å². The Hall–Kier alpha value is -0.760. The number of nitrogens with two attached hydrogens (primary N) is 1. The highest BCUT2D eigenvalue weighted by Crippen LogP contribution is 2.36. The lowest BCUT2D eigenvalue weighted by Crippen LogP contribution is -2.19. The minimum absolute atomic E-state index is 0.161. The molecule has 2 rings (SSSR count). The van der Waals surface area contributed by atoms with E-state index in [1.54, 1.807) is 23.9 Å². The highest BCUT2D eigenvalue weighted by atomic mass is 32.2. The van der Waals surface area contributed by atoms with Gasteiger partial charge in [-0.05, 0) is 38.6 Å². The Morgan fingerprint density at radius 3 is 2.79 bits per heavy atom. The summed E-state index contributed by atoms with van der Waals surface area (Å²) in [4.78, 5) is 1.02. The second-order valence-corrected chi connectivity index (χ2v) is 7.60. The van der Waals surface area contributed by atoms with Crippen LogP contribution in [-0.4, -0.2) is 33.4 Å². The largest absolute Gasteiger partial charge is 0.398 e. The zero-order valence-electron chi connectivity index (χ0n) is 10.9. The van der Waals surface area contributed by atoms with Crippen molar-refractivity contribution in [2.24, 2.45) is 0 Å². The quantitative estimate of drug-likeness (QED) is 0.823. The molecule has 0 saturated carbocycles. The number of thioether (sulfide) groups is 1. The van der Waals surface area contributed by atoms with E-state index in [4.69, 9.17) is 10.5 Å². The Morgan fingerprint density at radius 1 is 1.47 bits per heavy atom. The number of ether oxygens (including phenoxy) is 1. The van der Waals surface area contributed by atoms with Gasteiger partial charge >= 0.3 is 0 Å². The van der Waals surface area contributed by atoms with E-state index in [2.05, 4.69) is 4.72 Å². The molecule has 1 aliphatic heterocycles. The van der Waals surface area contributed by atoms with E-state index >= 15 is 0 Å². The Balaban J connectivity index is 2.27. The van der Waals surface area contributed by atoms with Gasteiger partial charge in [-0.2, -0.15) is 0 Å². The fourth-order valence-corrected chi connectivity index (χ4v) is 3.97. The lowest BCUT2D eigenvalue weighted by atomic mass is 10.3. The van der Waals surface area contributed by atoms with Crippen LogP contribution >= 0.6 is 11.8 Å². The van der Waals surface area contributed by atoms with Crippen LogP contribution in [0.4, 0.5) is 5.69 Å². The predicted molar refractivity (Wildman–Crippen MR) is 76.8 cm³/mol. The Morgan fingerprint density at radius 2 is 2.21 bits per heavy atom. The smallest absolute Gasteiger partial charge is 0.240 e. The van der Waals surface area contributed by atoms with Crippen LogP contribution in [-0.2, 0) is 14.8 Å². The van der Waals surface area contributed by atoms with Gasteiger partial charge in [0.1, 0.15) is 0 Å². The third-order valence-corrected chi connectivity index (χ3v) is 6.09. The molecule has 0 amide bonds. The van der Waals surface area contributed by atoms with E-state index in [0.29, 0.717) is 10.9 Å². The van der Waals surface area contributed by atoms with Crippen LogP contribution in [0.1, 0.15) is 13.3 Å². The molecule has 0 spiro atoms. The summed E-state index contributed by atoms with van der Waals surface area (Å²) in [5, 5.41) is 0.315. The molecule has 1 aromatic rings. The molecule has 7 heteroatoms. The zero-order valence-corrected chi connectivity index (χ0v) is 12.6. The number of hydrogen-bond acceptors (Lipinski definition) is 5. The maximum atomic E-state index is 11.8. The topological polar surface area (TPSA) is 81.4 Å². The van der Waals surface area contributed by atoms with Gasteiger partial charge in [0.15, 0.2) is 0 Å². The van der Waals surface area contributed by atoms with Gasteiger partial charge in [-0.1, -0.05) is 0 Å². The molecule has 2 atom stereocenters. The highest BCUT2D eigenvalue weighted by Gasteiger charge is 2.26. The Bertz CT molecular complexity index is 560. The first-order valence-electron chi connectivity index (χ1n) is 6.05. The lowest BCUT2D eigenvalue weighted by molar-refractivity contribution is 0.127. The van der Waals surface area contributed by atoms with Crippen molar-refractivity contribution >= 4 is 27.5 Å². The maximum Gasteiger partial charge on any atom is 0.240 e. The van der Waals surface area contributed by atoms with Crippen LogP contribution < -0.4 is 10.5 Å². The van der Waals surface area contributed by atoms with E-state index in [0.717, 1.165) is 17.9 Å². The Labute approximate surface area is 118 Å². The van der Waals surface area contributed by atoms with Crippen molar-refractivity contribution in [1.82, 2.24) is 4.72 Å². The molecule has 1 saturated heterocycles. The molecule has 1 aliphatic rings. The average molecular weight is 302 g/mol. The number of benzene rings is 1. The van der Waals surface area contributed by atoms with E-state index in [-0.39, 0.29) is 11.0 Å². The first-order chi connectivity index (χ1) is 8.94. The number of nitrogen functional groups attached to an aromatic ring is 1. The molecule has 5 nitrogen and oxygen atoms in total. The monoisotopic (exact) mass is 302 g/mol. The summed E-state index contributed by atoms with van der Waals surface area (Å²) in [6.07, 6.45) is 1.11. The van der Waals surface area contributed by atoms with Crippen molar-refractivity contribution in [2.45, 2.75) is 34.5 Å². The van der Waals surface area contributed by atoms with Gasteiger partial charge in [0.05, 0.1) is 11.0 Å². The van der Waals surface area contributed by atoms with Crippen molar-refractivity contribution < 1.29 is 13.2 Å². The van der Waals surface area contributed by atoms with E-state index in [1.165, 1.54) is 13.1 Å². The third-order valence-electron chi connectivity index (χ3n) is 3.15. The van der Waals surface area contributed by atoms with Crippen LogP contribution in [0, 0.1) is 0 Å². The van der Waals surface area contributed by atoms with Crippen LogP contribution in [0.5, 0.6) is 0 Å². The van der Waals surface area contributed by atoms with Gasteiger partial charge < -0.3 is 10.5 Å².